The van der Waals surface area contributed by atoms with Crippen LogP contribution in [0.5, 0.6) is 5.75 Å². The Labute approximate surface area is 158 Å². The molecule has 0 saturated carbocycles. The molecule has 3 aromatic rings. The van der Waals surface area contributed by atoms with E-state index in [1.54, 1.807) is 13.2 Å². The van der Waals surface area contributed by atoms with Crippen LogP contribution in [0.2, 0.25) is 0 Å². The van der Waals surface area contributed by atoms with Crippen molar-refractivity contribution in [2.45, 2.75) is 5.16 Å². The molecule has 9 nitrogen and oxygen atoms in total. The number of thioether (sulfide) groups is 1. The van der Waals surface area contributed by atoms with Crippen LogP contribution in [0.15, 0.2) is 53.7 Å². The molecule has 0 bridgehead atoms. The number of amides is 1. The summed E-state index contributed by atoms with van der Waals surface area (Å²) < 4.78 is 5.29. The second-order valence-corrected chi connectivity index (χ2v) is 6.25. The monoisotopic (exact) mass is 385 g/mol. The number of nitrogens with zero attached hydrogens (tertiary/aromatic N) is 3. The molecule has 0 fully saturated rings. The van der Waals surface area contributed by atoms with E-state index in [0.29, 0.717) is 22.4 Å². The lowest BCUT2D eigenvalue weighted by Crippen LogP contribution is -2.14. The molecule has 1 heterocycles. The van der Waals surface area contributed by atoms with E-state index in [2.05, 4.69) is 20.5 Å². The number of hydrogen-bond acceptors (Lipinski definition) is 7. The minimum absolute atomic E-state index is 0.0614. The minimum Gasteiger partial charge on any atom is -0.496 e. The highest BCUT2D eigenvalue weighted by molar-refractivity contribution is 7.99. The van der Waals surface area contributed by atoms with E-state index in [4.69, 9.17) is 4.74 Å². The molecule has 2 N–H and O–H groups in total. The van der Waals surface area contributed by atoms with E-state index in [1.807, 2.05) is 24.3 Å². The summed E-state index contributed by atoms with van der Waals surface area (Å²) in [5, 5.41) is 20.7. The van der Waals surface area contributed by atoms with Gasteiger partial charge in [0.25, 0.3) is 5.69 Å². The second kappa shape index (κ2) is 8.32. The predicted molar refractivity (Wildman–Crippen MR) is 101 cm³/mol. The number of hydrogen-bond donors (Lipinski definition) is 2. The van der Waals surface area contributed by atoms with Crippen LogP contribution in [0.4, 0.5) is 11.4 Å². The summed E-state index contributed by atoms with van der Waals surface area (Å²) in [5.74, 6) is 0.943. The lowest BCUT2D eigenvalue weighted by Gasteiger charge is -2.04. The second-order valence-electron chi connectivity index (χ2n) is 5.31. The van der Waals surface area contributed by atoms with Gasteiger partial charge in [-0.1, -0.05) is 30.0 Å². The van der Waals surface area contributed by atoms with Gasteiger partial charge in [-0.05, 0) is 18.2 Å². The average Bonchev–Trinajstić information content (AvgIpc) is 3.15. The Balaban J connectivity index is 1.61. The van der Waals surface area contributed by atoms with Gasteiger partial charge in [-0.3, -0.25) is 20.0 Å². The van der Waals surface area contributed by atoms with Crippen LogP contribution in [0.3, 0.4) is 0 Å². The lowest BCUT2D eigenvalue weighted by molar-refractivity contribution is -0.384. The molecular weight excluding hydrogens is 370 g/mol. The van der Waals surface area contributed by atoms with Crippen molar-refractivity contribution < 1.29 is 14.5 Å². The van der Waals surface area contributed by atoms with Gasteiger partial charge in [-0.2, -0.15) is 0 Å². The molecule has 138 valence electrons. The van der Waals surface area contributed by atoms with Crippen LogP contribution >= 0.6 is 11.8 Å². The third-order valence-electron chi connectivity index (χ3n) is 3.50. The highest BCUT2D eigenvalue weighted by Crippen LogP contribution is 2.28. The highest BCUT2D eigenvalue weighted by atomic mass is 32.2. The van der Waals surface area contributed by atoms with E-state index in [-0.39, 0.29) is 17.3 Å². The fourth-order valence-electron chi connectivity index (χ4n) is 2.30. The zero-order valence-electron chi connectivity index (χ0n) is 14.2. The first-order chi connectivity index (χ1) is 13.1. The minimum atomic E-state index is -0.516. The van der Waals surface area contributed by atoms with Gasteiger partial charge >= 0.3 is 0 Å². The zero-order valence-corrected chi connectivity index (χ0v) is 15.0. The van der Waals surface area contributed by atoms with Gasteiger partial charge < -0.3 is 10.1 Å². The number of non-ortho nitro benzene ring substituents is 1. The van der Waals surface area contributed by atoms with Crippen molar-refractivity contribution in [3.63, 3.8) is 0 Å². The first-order valence-electron chi connectivity index (χ1n) is 7.79. The van der Waals surface area contributed by atoms with Crippen molar-refractivity contribution in [3.05, 3.63) is 58.6 Å². The predicted octanol–water partition coefficient (Wildman–Crippen LogP) is 3.12. The number of para-hydroxylation sites is 1. The molecule has 3 rings (SSSR count). The fourth-order valence-corrected chi connectivity index (χ4v) is 2.89. The fraction of sp³-hybridized carbons (Fsp3) is 0.118. The van der Waals surface area contributed by atoms with E-state index < -0.39 is 4.92 Å². The van der Waals surface area contributed by atoms with Gasteiger partial charge in [0, 0.05) is 17.8 Å². The summed E-state index contributed by atoms with van der Waals surface area (Å²) in [5.41, 5.74) is 1.04. The Morgan fingerprint density at radius 1 is 1.30 bits per heavy atom. The van der Waals surface area contributed by atoms with Gasteiger partial charge in [0.2, 0.25) is 11.1 Å². The number of nitrogens with one attached hydrogen (secondary N) is 2. The average molecular weight is 385 g/mol. The molecule has 0 saturated heterocycles. The van der Waals surface area contributed by atoms with E-state index in [9.17, 15) is 14.9 Å². The lowest BCUT2D eigenvalue weighted by atomic mass is 10.2. The third kappa shape index (κ3) is 4.61. The van der Waals surface area contributed by atoms with Gasteiger partial charge in [-0.15, -0.1) is 5.10 Å². The Morgan fingerprint density at radius 3 is 2.89 bits per heavy atom. The number of anilines is 1. The Hall–Kier alpha value is -3.40. The molecule has 0 unspecified atom stereocenters. The quantitative estimate of drug-likeness (QED) is 0.364. The number of nitro groups is 1. The summed E-state index contributed by atoms with van der Waals surface area (Å²) >= 11 is 1.15. The van der Waals surface area contributed by atoms with Gasteiger partial charge in [0.05, 0.1) is 23.3 Å². The van der Waals surface area contributed by atoms with Gasteiger partial charge in [-0.25, -0.2) is 4.98 Å². The summed E-state index contributed by atoms with van der Waals surface area (Å²) in [6.45, 7) is 0. The first kappa shape index (κ1) is 18.4. The highest BCUT2D eigenvalue weighted by Gasteiger charge is 2.13. The van der Waals surface area contributed by atoms with E-state index >= 15 is 0 Å². The van der Waals surface area contributed by atoms with Gasteiger partial charge in [0.1, 0.15) is 5.75 Å². The molecular formula is C17H15N5O4S. The maximum Gasteiger partial charge on any atom is 0.271 e. The number of rotatable bonds is 7. The zero-order chi connectivity index (χ0) is 19.2. The smallest absolute Gasteiger partial charge is 0.271 e. The number of carbonyl (C=O) groups excluding carboxylic acids is 1. The number of ether oxygens (including phenoxy) is 1. The first-order valence-corrected chi connectivity index (χ1v) is 8.78. The third-order valence-corrected chi connectivity index (χ3v) is 4.35. The summed E-state index contributed by atoms with van der Waals surface area (Å²) in [7, 11) is 1.57. The van der Waals surface area contributed by atoms with Crippen molar-refractivity contribution >= 4 is 29.0 Å². The molecule has 2 aromatic carbocycles. The largest absolute Gasteiger partial charge is 0.496 e. The number of H-pyrrole nitrogens is 1. The molecule has 0 spiro atoms. The number of nitro benzene ring substituents is 1. The number of methoxy groups -OCH3 is 1. The number of benzene rings is 2. The van der Waals surface area contributed by atoms with Crippen molar-refractivity contribution in [3.8, 4) is 17.1 Å². The van der Waals surface area contributed by atoms with Crippen LogP contribution in [0.25, 0.3) is 11.4 Å². The van der Waals surface area contributed by atoms with E-state index in [0.717, 1.165) is 17.3 Å². The maximum atomic E-state index is 12.1. The molecule has 0 radical (unpaired) electrons. The number of carbonyl (C=O) groups is 1. The Bertz CT molecular complexity index is 975. The molecule has 1 aromatic heterocycles. The Kier molecular flexibility index (Phi) is 5.67. The van der Waals surface area contributed by atoms with Crippen LogP contribution in [-0.4, -0.2) is 38.9 Å². The van der Waals surface area contributed by atoms with Crippen molar-refractivity contribution in [2.75, 3.05) is 18.2 Å². The van der Waals surface area contributed by atoms with Crippen molar-refractivity contribution in [1.82, 2.24) is 15.2 Å². The van der Waals surface area contributed by atoms with Gasteiger partial charge in [0.15, 0.2) is 5.82 Å². The van der Waals surface area contributed by atoms with Crippen molar-refractivity contribution in [1.29, 1.82) is 0 Å². The molecule has 27 heavy (non-hydrogen) atoms. The Morgan fingerprint density at radius 2 is 2.11 bits per heavy atom. The maximum absolute atomic E-state index is 12.1. The molecule has 0 aliphatic carbocycles. The SMILES string of the molecule is COc1ccccc1-c1nc(SCC(=O)Nc2cccc([N+](=O)[O-])c2)n[nH]1. The summed E-state index contributed by atoms with van der Waals surface area (Å²) in [6.07, 6.45) is 0. The normalized spacial score (nSPS) is 10.4. The molecule has 0 atom stereocenters. The summed E-state index contributed by atoms with van der Waals surface area (Å²) in [4.78, 5) is 26.7. The molecule has 0 aliphatic heterocycles. The number of aromatic nitrogens is 3. The summed E-state index contributed by atoms with van der Waals surface area (Å²) in [6, 6.07) is 13.1. The topological polar surface area (TPSA) is 123 Å². The van der Waals surface area contributed by atoms with Crippen molar-refractivity contribution in [2.24, 2.45) is 0 Å². The van der Waals surface area contributed by atoms with Crippen LogP contribution in [0.1, 0.15) is 0 Å². The number of aromatic amines is 1. The molecule has 1 amide bonds. The van der Waals surface area contributed by atoms with Crippen LogP contribution < -0.4 is 10.1 Å². The van der Waals surface area contributed by atoms with Crippen LogP contribution in [-0.2, 0) is 4.79 Å². The molecule has 10 heteroatoms. The molecule has 0 aliphatic rings. The van der Waals surface area contributed by atoms with E-state index in [1.165, 1.54) is 18.2 Å². The standard InChI is InChI=1S/C17H15N5O4S/c1-26-14-8-3-2-7-13(14)16-19-17(21-20-16)27-10-15(23)18-11-5-4-6-12(9-11)22(24)25/h2-9H,10H2,1H3,(H,18,23)(H,19,20,21). The van der Waals surface area contributed by atoms with Crippen LogP contribution in [0, 0.1) is 10.1 Å².